The molecule has 9 nitrogen and oxygen atoms in total. The van der Waals surface area contributed by atoms with E-state index in [0.29, 0.717) is 10.7 Å². The van der Waals surface area contributed by atoms with Crippen LogP contribution in [-0.4, -0.2) is 24.2 Å². The number of aryl methyl sites for hydroxylation is 2. The number of nitro benzene ring substituents is 1. The van der Waals surface area contributed by atoms with Crippen molar-refractivity contribution in [3.8, 4) is 5.75 Å². The minimum Gasteiger partial charge on any atom is -0.379 e. The lowest BCUT2D eigenvalue weighted by atomic mass is 10.2. The van der Waals surface area contributed by atoms with Crippen LogP contribution in [0.15, 0.2) is 53.4 Å². The van der Waals surface area contributed by atoms with Crippen LogP contribution in [0.5, 0.6) is 5.75 Å². The van der Waals surface area contributed by atoms with Crippen molar-refractivity contribution in [3.63, 3.8) is 0 Å². The summed E-state index contributed by atoms with van der Waals surface area (Å²) in [7, 11) is -4.26. The lowest BCUT2D eigenvalue weighted by Crippen LogP contribution is -2.12. The summed E-state index contributed by atoms with van der Waals surface area (Å²) in [5, 5.41) is 14.1. The molecule has 1 N–H and O–H groups in total. The molecule has 0 spiro atoms. The number of anilines is 1. The molecule has 11 heteroatoms. The Labute approximate surface area is 175 Å². The summed E-state index contributed by atoms with van der Waals surface area (Å²) in [4.78, 5) is 27.8. The van der Waals surface area contributed by atoms with Gasteiger partial charge in [0.15, 0.2) is 5.13 Å². The van der Waals surface area contributed by atoms with Crippen LogP contribution in [-0.2, 0) is 23.0 Å². The molecule has 3 aromatic rings. The number of nitro groups is 1. The van der Waals surface area contributed by atoms with E-state index < -0.39 is 15.0 Å². The zero-order valence-corrected chi connectivity index (χ0v) is 17.0. The van der Waals surface area contributed by atoms with E-state index in [1.165, 1.54) is 58.7 Å². The Bertz CT molecular complexity index is 1210. The topological polar surface area (TPSA) is 128 Å². The van der Waals surface area contributed by atoms with Crippen LogP contribution in [0.1, 0.15) is 27.3 Å². The van der Waals surface area contributed by atoms with E-state index in [9.17, 15) is 23.3 Å². The Morgan fingerprint density at radius 1 is 1.17 bits per heavy atom. The maximum Gasteiger partial charge on any atom is 0.339 e. The van der Waals surface area contributed by atoms with Crippen LogP contribution in [0.2, 0.25) is 0 Å². The lowest BCUT2D eigenvalue weighted by molar-refractivity contribution is -0.385. The van der Waals surface area contributed by atoms with Gasteiger partial charge in [-0.05, 0) is 49.6 Å². The molecule has 2 aromatic carbocycles. The summed E-state index contributed by atoms with van der Waals surface area (Å²) < 4.78 is 29.8. The van der Waals surface area contributed by atoms with E-state index in [2.05, 4.69) is 10.3 Å². The minimum absolute atomic E-state index is 0.0220. The first kappa shape index (κ1) is 20.0. The molecule has 0 bridgehead atoms. The number of fused-ring (bicyclic) bond motifs is 1. The Balaban J connectivity index is 1.45. The van der Waals surface area contributed by atoms with Gasteiger partial charge in [0.2, 0.25) is 0 Å². The first-order chi connectivity index (χ1) is 14.3. The largest absolute Gasteiger partial charge is 0.379 e. The Hall–Kier alpha value is -3.31. The molecule has 1 amide bonds. The molecule has 154 valence electrons. The number of benzene rings is 2. The van der Waals surface area contributed by atoms with Crippen LogP contribution < -0.4 is 9.50 Å². The third-order valence-electron chi connectivity index (χ3n) is 4.46. The van der Waals surface area contributed by atoms with Crippen LogP contribution >= 0.6 is 11.3 Å². The first-order valence-corrected chi connectivity index (χ1v) is 11.1. The quantitative estimate of drug-likeness (QED) is 0.349. The molecule has 0 unspecified atom stereocenters. The number of thiazole rings is 1. The number of carbonyl (C=O) groups is 1. The summed E-state index contributed by atoms with van der Waals surface area (Å²) >= 11 is 1.46. The predicted molar refractivity (Wildman–Crippen MR) is 109 cm³/mol. The van der Waals surface area contributed by atoms with Crippen molar-refractivity contribution in [2.45, 2.75) is 24.2 Å². The van der Waals surface area contributed by atoms with Crippen LogP contribution in [0, 0.1) is 10.1 Å². The molecule has 4 rings (SSSR count). The summed E-state index contributed by atoms with van der Waals surface area (Å²) in [5.74, 6) is -0.387. The van der Waals surface area contributed by atoms with Gasteiger partial charge in [0.25, 0.3) is 11.6 Å². The van der Waals surface area contributed by atoms with Gasteiger partial charge in [-0.15, -0.1) is 11.3 Å². The van der Waals surface area contributed by atoms with Crippen molar-refractivity contribution in [1.82, 2.24) is 4.98 Å². The van der Waals surface area contributed by atoms with Crippen molar-refractivity contribution < 1.29 is 22.3 Å². The van der Waals surface area contributed by atoms with E-state index in [-0.39, 0.29) is 22.2 Å². The summed E-state index contributed by atoms with van der Waals surface area (Å²) in [6.45, 7) is 0. The van der Waals surface area contributed by atoms with Gasteiger partial charge < -0.3 is 4.18 Å². The number of carbonyl (C=O) groups excluding carboxylic acids is 1. The molecular weight excluding hydrogens is 430 g/mol. The molecule has 0 radical (unpaired) electrons. The van der Waals surface area contributed by atoms with Gasteiger partial charge >= 0.3 is 10.1 Å². The number of nitrogens with zero attached hydrogens (tertiary/aromatic N) is 2. The average molecular weight is 445 g/mol. The number of aromatic nitrogens is 1. The molecule has 1 aliphatic carbocycles. The van der Waals surface area contributed by atoms with Gasteiger partial charge in [0.05, 0.1) is 10.6 Å². The predicted octanol–water partition coefficient (Wildman–Crippen LogP) is 3.56. The van der Waals surface area contributed by atoms with Gasteiger partial charge in [-0.3, -0.25) is 20.2 Å². The summed E-state index contributed by atoms with van der Waals surface area (Å²) in [6.07, 6.45) is 2.99. The second kappa shape index (κ2) is 7.84. The maximum atomic E-state index is 12.4. The van der Waals surface area contributed by atoms with Gasteiger partial charge in [-0.25, -0.2) is 4.98 Å². The van der Waals surface area contributed by atoms with E-state index >= 15 is 0 Å². The van der Waals surface area contributed by atoms with Crippen LogP contribution in [0.3, 0.4) is 0 Å². The van der Waals surface area contributed by atoms with Crippen molar-refractivity contribution in [2.24, 2.45) is 0 Å². The van der Waals surface area contributed by atoms with Gasteiger partial charge in [0.1, 0.15) is 10.6 Å². The van der Waals surface area contributed by atoms with E-state index in [1.54, 1.807) is 0 Å². The third kappa shape index (κ3) is 4.16. The van der Waals surface area contributed by atoms with E-state index in [1.807, 2.05) is 0 Å². The highest BCUT2D eigenvalue weighted by Gasteiger charge is 2.21. The number of rotatable bonds is 6. The molecule has 0 aliphatic heterocycles. The molecule has 1 aliphatic rings. The number of amides is 1. The van der Waals surface area contributed by atoms with Gasteiger partial charge in [-0.2, -0.15) is 8.42 Å². The standard InChI is InChI=1S/C19H15N3O6S2/c23-18(21-19-20-16-5-2-6-17(16)29-19)12-7-9-14(10-8-12)28-30(26,27)15-4-1-3-13(11-15)22(24)25/h1,3-4,7-11H,2,5-6H2,(H,20,21,23). The lowest BCUT2D eigenvalue weighted by Gasteiger charge is -2.08. The monoisotopic (exact) mass is 445 g/mol. The van der Waals surface area contributed by atoms with Crippen molar-refractivity contribution in [3.05, 3.63) is 74.8 Å². The van der Waals surface area contributed by atoms with Crippen LogP contribution in [0.4, 0.5) is 10.8 Å². The van der Waals surface area contributed by atoms with Crippen molar-refractivity contribution >= 4 is 38.2 Å². The molecule has 0 atom stereocenters. The van der Waals surface area contributed by atoms with E-state index in [0.717, 1.165) is 31.0 Å². The van der Waals surface area contributed by atoms with E-state index in [4.69, 9.17) is 4.18 Å². The Morgan fingerprint density at radius 2 is 1.93 bits per heavy atom. The van der Waals surface area contributed by atoms with Crippen molar-refractivity contribution in [1.29, 1.82) is 0 Å². The number of hydrogen-bond donors (Lipinski definition) is 1. The molecule has 0 saturated heterocycles. The van der Waals surface area contributed by atoms with Gasteiger partial charge in [0, 0.05) is 22.6 Å². The fourth-order valence-corrected chi connectivity index (χ4v) is 5.02. The molecular formula is C19H15N3O6S2. The number of hydrogen-bond acceptors (Lipinski definition) is 8. The first-order valence-electron chi connectivity index (χ1n) is 8.91. The number of non-ortho nitro benzene ring substituents is 1. The molecule has 0 fully saturated rings. The summed E-state index contributed by atoms with van der Waals surface area (Å²) in [6, 6.07) is 10.1. The zero-order valence-electron chi connectivity index (χ0n) is 15.4. The second-order valence-electron chi connectivity index (χ2n) is 6.51. The minimum atomic E-state index is -4.26. The second-order valence-corrected chi connectivity index (χ2v) is 9.14. The highest BCUT2D eigenvalue weighted by Crippen LogP contribution is 2.30. The molecule has 1 heterocycles. The molecule has 0 saturated carbocycles. The smallest absolute Gasteiger partial charge is 0.339 e. The Morgan fingerprint density at radius 3 is 2.63 bits per heavy atom. The fourth-order valence-electron chi connectivity index (χ4n) is 3.00. The highest BCUT2D eigenvalue weighted by atomic mass is 32.2. The highest BCUT2D eigenvalue weighted by molar-refractivity contribution is 7.87. The molecule has 1 aromatic heterocycles. The normalized spacial score (nSPS) is 12.9. The summed E-state index contributed by atoms with van der Waals surface area (Å²) in [5.41, 5.74) is 0.982. The average Bonchev–Trinajstić information content (AvgIpc) is 3.30. The Kier molecular flexibility index (Phi) is 5.22. The maximum absolute atomic E-state index is 12.4. The molecule has 30 heavy (non-hydrogen) atoms. The van der Waals surface area contributed by atoms with Crippen LogP contribution in [0.25, 0.3) is 0 Å². The SMILES string of the molecule is O=C(Nc1nc2c(s1)CCC2)c1ccc(OS(=O)(=O)c2cccc([N+](=O)[O-])c2)cc1. The van der Waals surface area contributed by atoms with Gasteiger partial charge in [-0.1, -0.05) is 6.07 Å². The fraction of sp³-hybridized carbons (Fsp3) is 0.158. The zero-order chi connectivity index (χ0) is 21.3. The van der Waals surface area contributed by atoms with Crippen molar-refractivity contribution in [2.75, 3.05) is 5.32 Å². The third-order valence-corrected chi connectivity index (χ3v) is 6.77. The number of nitrogens with one attached hydrogen (secondary N) is 1.